The maximum Gasteiger partial charge on any atom is 0.161 e. The van der Waals surface area contributed by atoms with E-state index in [1.54, 1.807) is 14.2 Å². The van der Waals surface area contributed by atoms with Gasteiger partial charge in [0, 0.05) is 11.8 Å². The molecular weight excluding hydrogens is 320 g/mol. The van der Waals surface area contributed by atoms with Gasteiger partial charge in [-0.2, -0.15) is 0 Å². The van der Waals surface area contributed by atoms with Crippen molar-refractivity contribution in [1.82, 2.24) is 0 Å². The first kappa shape index (κ1) is 15.5. The Hall–Kier alpha value is -2.74. The van der Waals surface area contributed by atoms with Crippen LogP contribution < -0.4 is 9.47 Å². The molecule has 2 nitrogen and oxygen atoms in total. The minimum Gasteiger partial charge on any atom is -0.493 e. The minimum absolute atomic E-state index is 0.392. The van der Waals surface area contributed by atoms with Crippen molar-refractivity contribution in [2.45, 2.75) is 18.3 Å². The summed E-state index contributed by atoms with van der Waals surface area (Å²) in [5.41, 5.74) is 7.14. The van der Waals surface area contributed by atoms with E-state index in [0.29, 0.717) is 17.8 Å². The molecule has 0 heterocycles. The third-order valence-corrected chi connectivity index (χ3v) is 6.12. The zero-order chi connectivity index (χ0) is 17.7. The lowest BCUT2D eigenvalue weighted by Gasteiger charge is -2.20. The van der Waals surface area contributed by atoms with Crippen LogP contribution in [0.4, 0.5) is 0 Å². The molecule has 2 aliphatic rings. The van der Waals surface area contributed by atoms with Crippen molar-refractivity contribution < 1.29 is 9.47 Å². The van der Waals surface area contributed by atoms with Gasteiger partial charge in [-0.3, -0.25) is 0 Å². The van der Waals surface area contributed by atoms with E-state index in [9.17, 15) is 0 Å². The molecule has 0 saturated carbocycles. The second-order valence-corrected chi connectivity index (χ2v) is 7.27. The summed E-state index contributed by atoms with van der Waals surface area (Å²) in [6, 6.07) is 24.2. The SMILES string of the molecule is COc1cc2c(cc1OC)[C@H](c1ccccc1)[C@@H]1Cc3ccccc3[C@H]21. The molecule has 0 radical (unpaired) electrons. The van der Waals surface area contributed by atoms with E-state index in [-0.39, 0.29) is 0 Å². The Morgan fingerprint density at radius 3 is 2.00 bits per heavy atom. The predicted octanol–water partition coefficient (Wildman–Crippen LogP) is 5.15. The summed E-state index contributed by atoms with van der Waals surface area (Å²) in [6.45, 7) is 0. The van der Waals surface area contributed by atoms with Gasteiger partial charge in [-0.1, -0.05) is 54.6 Å². The van der Waals surface area contributed by atoms with Crippen molar-refractivity contribution in [3.05, 3.63) is 94.5 Å². The summed E-state index contributed by atoms with van der Waals surface area (Å²) in [7, 11) is 3.43. The third-order valence-electron chi connectivity index (χ3n) is 6.12. The fourth-order valence-corrected chi connectivity index (χ4v) is 5.10. The fraction of sp³-hybridized carbons (Fsp3) is 0.250. The first-order chi connectivity index (χ1) is 12.8. The van der Waals surface area contributed by atoms with Gasteiger partial charge in [-0.05, 0) is 52.3 Å². The van der Waals surface area contributed by atoms with Gasteiger partial charge in [0.05, 0.1) is 14.2 Å². The molecule has 5 rings (SSSR count). The lowest BCUT2D eigenvalue weighted by atomic mass is 9.83. The van der Waals surface area contributed by atoms with E-state index in [1.807, 2.05) is 0 Å². The summed E-state index contributed by atoms with van der Waals surface area (Å²) >= 11 is 0. The van der Waals surface area contributed by atoms with Crippen molar-refractivity contribution in [3.8, 4) is 11.5 Å². The molecule has 0 saturated heterocycles. The highest BCUT2D eigenvalue weighted by atomic mass is 16.5. The second-order valence-electron chi connectivity index (χ2n) is 7.27. The van der Waals surface area contributed by atoms with E-state index < -0.39 is 0 Å². The van der Waals surface area contributed by atoms with E-state index in [2.05, 4.69) is 66.7 Å². The van der Waals surface area contributed by atoms with Crippen molar-refractivity contribution in [3.63, 3.8) is 0 Å². The summed E-state index contributed by atoms with van der Waals surface area (Å²) in [4.78, 5) is 0. The number of hydrogen-bond donors (Lipinski definition) is 0. The number of rotatable bonds is 3. The number of benzene rings is 3. The molecule has 0 N–H and O–H groups in total. The molecule has 0 bridgehead atoms. The van der Waals surface area contributed by atoms with Gasteiger partial charge in [0.15, 0.2) is 11.5 Å². The van der Waals surface area contributed by atoms with Crippen molar-refractivity contribution in [1.29, 1.82) is 0 Å². The van der Waals surface area contributed by atoms with Gasteiger partial charge in [-0.25, -0.2) is 0 Å². The maximum absolute atomic E-state index is 5.61. The monoisotopic (exact) mass is 342 g/mol. The highest BCUT2D eigenvalue weighted by Crippen LogP contribution is 2.59. The minimum atomic E-state index is 0.392. The Morgan fingerprint density at radius 2 is 1.31 bits per heavy atom. The fourth-order valence-electron chi connectivity index (χ4n) is 5.10. The standard InChI is InChI=1S/C24H22O2/c1-25-21-13-18-19(14-22(21)26-2)24-17-11-7-6-10-16(17)12-20(24)23(18)15-8-4-3-5-9-15/h3-11,13-14,20,23-24H,12H2,1-2H3/t20-,23-,24+/m0/s1. The second kappa shape index (κ2) is 5.91. The largest absolute Gasteiger partial charge is 0.493 e. The van der Waals surface area contributed by atoms with Gasteiger partial charge in [0.1, 0.15) is 0 Å². The lowest BCUT2D eigenvalue weighted by molar-refractivity contribution is 0.354. The van der Waals surface area contributed by atoms with Gasteiger partial charge in [-0.15, -0.1) is 0 Å². The van der Waals surface area contributed by atoms with E-state index in [1.165, 1.54) is 27.8 Å². The molecule has 2 heteroatoms. The summed E-state index contributed by atoms with van der Waals surface area (Å²) < 4.78 is 11.2. The van der Waals surface area contributed by atoms with Crippen LogP contribution in [0.1, 0.15) is 39.7 Å². The average molecular weight is 342 g/mol. The first-order valence-corrected chi connectivity index (χ1v) is 9.20. The number of ether oxygens (including phenoxy) is 2. The molecule has 0 aromatic heterocycles. The van der Waals surface area contributed by atoms with Crippen molar-refractivity contribution in [2.75, 3.05) is 14.2 Å². The smallest absolute Gasteiger partial charge is 0.161 e. The molecular formula is C24H22O2. The van der Waals surface area contributed by atoms with Crippen molar-refractivity contribution in [2.24, 2.45) is 5.92 Å². The molecule has 3 atom stereocenters. The summed E-state index contributed by atoms with van der Waals surface area (Å²) in [5.74, 6) is 3.03. The Morgan fingerprint density at radius 1 is 0.692 bits per heavy atom. The van der Waals surface area contributed by atoms with Crippen LogP contribution in [-0.2, 0) is 6.42 Å². The normalized spacial score (nSPS) is 22.5. The molecule has 26 heavy (non-hydrogen) atoms. The summed E-state index contributed by atoms with van der Waals surface area (Å²) in [6.07, 6.45) is 1.12. The molecule has 3 aromatic carbocycles. The Bertz CT molecular complexity index is 938. The molecule has 0 unspecified atom stereocenters. The third kappa shape index (κ3) is 2.11. The molecule has 3 aromatic rings. The van der Waals surface area contributed by atoms with Crippen LogP contribution in [0.25, 0.3) is 0 Å². The quantitative estimate of drug-likeness (QED) is 0.655. The zero-order valence-corrected chi connectivity index (χ0v) is 15.1. The number of methoxy groups -OCH3 is 2. The van der Waals surface area contributed by atoms with Crippen LogP contribution in [-0.4, -0.2) is 14.2 Å². The van der Waals surface area contributed by atoms with Crippen LogP contribution in [0.5, 0.6) is 11.5 Å². The Labute approximate surface area is 154 Å². The molecule has 0 fully saturated rings. The Balaban J connectivity index is 1.75. The molecule has 0 amide bonds. The van der Waals surface area contributed by atoms with Crippen LogP contribution in [0.2, 0.25) is 0 Å². The van der Waals surface area contributed by atoms with Crippen LogP contribution in [0.15, 0.2) is 66.7 Å². The van der Waals surface area contributed by atoms with Gasteiger partial charge in [0.2, 0.25) is 0 Å². The zero-order valence-electron chi connectivity index (χ0n) is 15.1. The van der Waals surface area contributed by atoms with Crippen molar-refractivity contribution >= 4 is 0 Å². The molecule has 0 spiro atoms. The van der Waals surface area contributed by atoms with E-state index in [4.69, 9.17) is 9.47 Å². The van der Waals surface area contributed by atoms with Crippen LogP contribution in [0.3, 0.4) is 0 Å². The summed E-state index contributed by atoms with van der Waals surface area (Å²) in [5, 5.41) is 0. The van der Waals surface area contributed by atoms with Crippen LogP contribution >= 0.6 is 0 Å². The van der Waals surface area contributed by atoms with Gasteiger partial charge >= 0.3 is 0 Å². The highest BCUT2D eigenvalue weighted by Gasteiger charge is 2.47. The van der Waals surface area contributed by atoms with Crippen LogP contribution in [0, 0.1) is 5.92 Å². The predicted molar refractivity (Wildman–Crippen MR) is 103 cm³/mol. The molecule has 2 aliphatic carbocycles. The first-order valence-electron chi connectivity index (χ1n) is 9.20. The van der Waals surface area contributed by atoms with E-state index in [0.717, 1.165) is 17.9 Å². The maximum atomic E-state index is 5.61. The number of fused-ring (bicyclic) bond motifs is 5. The lowest BCUT2D eigenvalue weighted by Crippen LogP contribution is -2.11. The van der Waals surface area contributed by atoms with E-state index >= 15 is 0 Å². The molecule has 0 aliphatic heterocycles. The number of hydrogen-bond acceptors (Lipinski definition) is 2. The Kier molecular flexibility index (Phi) is 3.53. The average Bonchev–Trinajstić information content (AvgIpc) is 3.21. The van der Waals surface area contributed by atoms with Gasteiger partial charge < -0.3 is 9.47 Å². The topological polar surface area (TPSA) is 18.5 Å². The highest BCUT2D eigenvalue weighted by molar-refractivity contribution is 5.60. The van der Waals surface area contributed by atoms with Gasteiger partial charge in [0.25, 0.3) is 0 Å². The molecule has 130 valence electrons.